The van der Waals surface area contributed by atoms with E-state index in [0.29, 0.717) is 17.5 Å². The van der Waals surface area contributed by atoms with Crippen molar-refractivity contribution in [2.75, 3.05) is 33.7 Å². The highest BCUT2D eigenvalue weighted by atomic mass is 15.2. The van der Waals surface area contributed by atoms with Gasteiger partial charge in [-0.2, -0.15) is 0 Å². The summed E-state index contributed by atoms with van der Waals surface area (Å²) in [5, 5.41) is 0. The van der Waals surface area contributed by atoms with Crippen LogP contribution in [0, 0.1) is 11.3 Å². The topological polar surface area (TPSA) is 32.5 Å². The molecular weight excluding hydrogens is 234 g/mol. The van der Waals surface area contributed by atoms with E-state index in [-0.39, 0.29) is 0 Å². The highest BCUT2D eigenvalue weighted by Crippen LogP contribution is 2.36. The van der Waals surface area contributed by atoms with Crippen LogP contribution in [0.5, 0.6) is 0 Å². The van der Waals surface area contributed by atoms with E-state index in [4.69, 9.17) is 5.73 Å². The second-order valence-corrected chi connectivity index (χ2v) is 7.66. The van der Waals surface area contributed by atoms with E-state index < -0.39 is 0 Å². The summed E-state index contributed by atoms with van der Waals surface area (Å²) in [6.07, 6.45) is 6.61. The number of hydrogen-bond donors (Lipinski definition) is 1. The van der Waals surface area contributed by atoms with Crippen molar-refractivity contribution >= 4 is 0 Å². The Bertz CT molecular complexity index is 282. The molecule has 2 N–H and O–H groups in total. The van der Waals surface area contributed by atoms with Gasteiger partial charge in [0.1, 0.15) is 0 Å². The first kappa shape index (κ1) is 15.3. The van der Waals surface area contributed by atoms with Gasteiger partial charge < -0.3 is 15.5 Å². The second-order valence-electron chi connectivity index (χ2n) is 7.66. The smallest absolute Gasteiger partial charge is 0.0249 e. The lowest BCUT2D eigenvalue weighted by molar-refractivity contribution is 0.0655. The molecule has 0 aromatic rings. The Hall–Kier alpha value is -0.120. The summed E-state index contributed by atoms with van der Waals surface area (Å²) >= 11 is 0. The van der Waals surface area contributed by atoms with E-state index >= 15 is 0 Å². The van der Waals surface area contributed by atoms with Crippen molar-refractivity contribution in [3.05, 3.63) is 0 Å². The molecule has 112 valence electrons. The zero-order valence-corrected chi connectivity index (χ0v) is 13.4. The summed E-state index contributed by atoms with van der Waals surface area (Å²) < 4.78 is 0. The van der Waals surface area contributed by atoms with Crippen molar-refractivity contribution < 1.29 is 0 Å². The van der Waals surface area contributed by atoms with Crippen LogP contribution in [-0.4, -0.2) is 55.6 Å². The highest BCUT2D eigenvalue weighted by Gasteiger charge is 2.38. The van der Waals surface area contributed by atoms with E-state index in [2.05, 4.69) is 37.7 Å². The van der Waals surface area contributed by atoms with E-state index in [1.54, 1.807) is 0 Å². The first-order chi connectivity index (χ1) is 8.90. The summed E-state index contributed by atoms with van der Waals surface area (Å²) in [5.41, 5.74) is 6.84. The zero-order chi connectivity index (χ0) is 14.0. The maximum atomic E-state index is 6.53. The van der Waals surface area contributed by atoms with E-state index in [9.17, 15) is 0 Å². The molecule has 1 heterocycles. The second kappa shape index (κ2) is 6.11. The highest BCUT2D eigenvalue weighted by molar-refractivity contribution is 4.96. The molecule has 3 heteroatoms. The summed E-state index contributed by atoms with van der Waals surface area (Å²) in [5.74, 6) is 0.874. The Balaban J connectivity index is 1.87. The van der Waals surface area contributed by atoms with Gasteiger partial charge in [-0.15, -0.1) is 0 Å². The van der Waals surface area contributed by atoms with Gasteiger partial charge in [-0.25, -0.2) is 0 Å². The van der Waals surface area contributed by atoms with Crippen molar-refractivity contribution in [3.63, 3.8) is 0 Å². The summed E-state index contributed by atoms with van der Waals surface area (Å²) in [7, 11) is 4.53. The average Bonchev–Trinajstić information content (AvgIpc) is 2.35. The molecule has 19 heavy (non-hydrogen) atoms. The Morgan fingerprint density at radius 3 is 2.47 bits per heavy atom. The van der Waals surface area contributed by atoms with Gasteiger partial charge in [0.05, 0.1) is 0 Å². The molecule has 0 radical (unpaired) electrons. The van der Waals surface area contributed by atoms with Crippen LogP contribution in [0.1, 0.15) is 46.0 Å². The normalized spacial score (nSPS) is 33.8. The fourth-order valence-corrected chi connectivity index (χ4v) is 3.92. The first-order valence-corrected chi connectivity index (χ1v) is 8.04. The van der Waals surface area contributed by atoms with Gasteiger partial charge in [0.2, 0.25) is 0 Å². The van der Waals surface area contributed by atoms with E-state index in [1.165, 1.54) is 51.7 Å². The lowest BCUT2D eigenvalue weighted by Crippen LogP contribution is -2.56. The van der Waals surface area contributed by atoms with Crippen molar-refractivity contribution in [1.29, 1.82) is 0 Å². The maximum Gasteiger partial charge on any atom is 0.0249 e. The Kier molecular flexibility index (Phi) is 4.91. The molecule has 0 amide bonds. The van der Waals surface area contributed by atoms with Gasteiger partial charge in [0.25, 0.3) is 0 Å². The van der Waals surface area contributed by atoms with Crippen LogP contribution in [0.2, 0.25) is 0 Å². The van der Waals surface area contributed by atoms with Gasteiger partial charge in [-0.3, -0.25) is 0 Å². The minimum absolute atomic E-state index is 0.309. The van der Waals surface area contributed by atoms with Crippen LogP contribution in [0.3, 0.4) is 0 Å². The lowest BCUT2D eigenvalue weighted by Gasteiger charge is -2.46. The van der Waals surface area contributed by atoms with Crippen LogP contribution < -0.4 is 5.73 Å². The molecule has 0 spiro atoms. The molecule has 2 rings (SSSR count). The van der Waals surface area contributed by atoms with Crippen LogP contribution in [0.25, 0.3) is 0 Å². The van der Waals surface area contributed by atoms with Crippen molar-refractivity contribution in [3.8, 4) is 0 Å². The molecule has 2 aliphatic rings. The molecule has 2 fully saturated rings. The van der Waals surface area contributed by atoms with Crippen molar-refractivity contribution in [2.24, 2.45) is 17.1 Å². The number of likely N-dealkylation sites (N-methyl/N-ethyl adjacent to an activating group) is 1. The van der Waals surface area contributed by atoms with Crippen LogP contribution in [0.15, 0.2) is 0 Å². The Labute approximate surface area is 119 Å². The molecule has 0 aromatic heterocycles. The third kappa shape index (κ3) is 3.71. The number of hydrogen-bond acceptors (Lipinski definition) is 3. The predicted octanol–water partition coefficient (Wildman–Crippen LogP) is 2.17. The third-order valence-corrected chi connectivity index (χ3v) is 5.59. The number of piperidine rings is 1. The van der Waals surface area contributed by atoms with Gasteiger partial charge in [-0.05, 0) is 64.2 Å². The van der Waals surface area contributed by atoms with Crippen molar-refractivity contribution in [2.45, 2.75) is 58.0 Å². The van der Waals surface area contributed by atoms with Gasteiger partial charge >= 0.3 is 0 Å². The van der Waals surface area contributed by atoms with Gasteiger partial charge in [0.15, 0.2) is 0 Å². The molecule has 1 aliphatic heterocycles. The summed E-state index contributed by atoms with van der Waals surface area (Å²) in [6.45, 7) is 8.45. The van der Waals surface area contributed by atoms with Crippen LogP contribution in [0.4, 0.5) is 0 Å². The number of likely N-dealkylation sites (tertiary alicyclic amines) is 1. The molecule has 1 saturated carbocycles. The fourth-order valence-electron chi connectivity index (χ4n) is 3.92. The van der Waals surface area contributed by atoms with E-state index in [1.807, 2.05) is 0 Å². The molecule has 1 aliphatic carbocycles. The predicted molar refractivity (Wildman–Crippen MR) is 82.2 cm³/mol. The SMILES string of the molecule is CN1CCC(CN(C)C2CCCC(C)(C)C2N)CC1. The van der Waals surface area contributed by atoms with Gasteiger partial charge in [0, 0.05) is 18.6 Å². The molecule has 2 unspecified atom stereocenters. The quantitative estimate of drug-likeness (QED) is 0.850. The monoisotopic (exact) mass is 267 g/mol. The Morgan fingerprint density at radius 2 is 1.84 bits per heavy atom. The summed E-state index contributed by atoms with van der Waals surface area (Å²) in [6, 6.07) is 0.918. The average molecular weight is 267 g/mol. The number of nitrogens with zero attached hydrogens (tertiary/aromatic N) is 2. The molecule has 0 aromatic carbocycles. The minimum atomic E-state index is 0.309. The Morgan fingerprint density at radius 1 is 1.21 bits per heavy atom. The molecular formula is C16H33N3. The largest absolute Gasteiger partial charge is 0.326 e. The molecule has 2 atom stereocenters. The number of rotatable bonds is 3. The van der Waals surface area contributed by atoms with Crippen LogP contribution in [-0.2, 0) is 0 Å². The maximum absolute atomic E-state index is 6.53. The number of nitrogens with two attached hydrogens (primary N) is 1. The first-order valence-electron chi connectivity index (χ1n) is 8.04. The fraction of sp³-hybridized carbons (Fsp3) is 1.00. The lowest BCUT2D eigenvalue weighted by atomic mass is 9.70. The zero-order valence-electron chi connectivity index (χ0n) is 13.4. The molecule has 0 bridgehead atoms. The van der Waals surface area contributed by atoms with Crippen LogP contribution >= 0.6 is 0 Å². The van der Waals surface area contributed by atoms with Gasteiger partial charge in [-0.1, -0.05) is 20.3 Å². The third-order valence-electron chi connectivity index (χ3n) is 5.59. The minimum Gasteiger partial charge on any atom is -0.326 e. The molecule has 3 nitrogen and oxygen atoms in total. The van der Waals surface area contributed by atoms with E-state index in [0.717, 1.165) is 5.92 Å². The molecule has 1 saturated heterocycles. The standard InChI is InChI=1S/C16H33N3/c1-16(2)9-5-6-14(15(16)17)19(4)12-13-7-10-18(3)11-8-13/h13-15H,5-12,17H2,1-4H3. The summed E-state index contributed by atoms with van der Waals surface area (Å²) in [4.78, 5) is 5.02. The van der Waals surface area contributed by atoms with Crippen molar-refractivity contribution in [1.82, 2.24) is 9.80 Å².